The molecule has 0 saturated carbocycles. The van der Waals surface area contributed by atoms with E-state index in [1.165, 1.54) is 4.88 Å². The van der Waals surface area contributed by atoms with E-state index in [2.05, 4.69) is 0 Å². The van der Waals surface area contributed by atoms with Crippen LogP contribution in [-0.4, -0.2) is 24.9 Å². The Morgan fingerprint density at radius 2 is 2.00 bits per heavy atom. The molecular weight excluding hydrogens is 170 g/mol. The fraction of sp³-hybridized carbons (Fsp3) is 0.444. The Kier molecular flexibility index (Phi) is 2.52. The van der Waals surface area contributed by atoms with Crippen molar-refractivity contribution in [1.82, 2.24) is 4.90 Å². The van der Waals surface area contributed by atoms with Gasteiger partial charge in [-0.1, -0.05) is 0 Å². The SMILES string of the molecule is Cc1cc(C(=O)N(C)C)c(C)s1. The van der Waals surface area contributed by atoms with Crippen LogP contribution >= 0.6 is 11.3 Å². The molecule has 0 N–H and O–H groups in total. The number of aryl methyl sites for hydroxylation is 2. The van der Waals surface area contributed by atoms with Crippen molar-refractivity contribution in [3.63, 3.8) is 0 Å². The van der Waals surface area contributed by atoms with Crippen molar-refractivity contribution < 1.29 is 4.79 Å². The first-order valence-electron chi connectivity index (χ1n) is 3.81. The van der Waals surface area contributed by atoms with Crippen LogP contribution in [0.1, 0.15) is 20.1 Å². The van der Waals surface area contributed by atoms with Crippen molar-refractivity contribution in [3.05, 3.63) is 21.4 Å². The second-order valence-electron chi connectivity index (χ2n) is 3.03. The summed E-state index contributed by atoms with van der Waals surface area (Å²) in [7, 11) is 3.55. The van der Waals surface area contributed by atoms with Gasteiger partial charge < -0.3 is 4.90 Å². The van der Waals surface area contributed by atoms with Crippen LogP contribution in [0.4, 0.5) is 0 Å². The van der Waals surface area contributed by atoms with Gasteiger partial charge in [0.1, 0.15) is 0 Å². The number of nitrogens with zero attached hydrogens (tertiary/aromatic N) is 1. The summed E-state index contributed by atoms with van der Waals surface area (Å²) in [5.74, 6) is 0.0943. The molecule has 1 amide bonds. The Bertz CT molecular complexity index is 301. The van der Waals surface area contributed by atoms with Crippen LogP contribution in [-0.2, 0) is 0 Å². The van der Waals surface area contributed by atoms with Crippen LogP contribution in [0.3, 0.4) is 0 Å². The summed E-state index contributed by atoms with van der Waals surface area (Å²) in [6.45, 7) is 4.00. The average molecular weight is 183 g/mol. The van der Waals surface area contributed by atoms with Crippen molar-refractivity contribution in [2.24, 2.45) is 0 Å². The molecule has 3 heteroatoms. The lowest BCUT2D eigenvalue weighted by molar-refractivity contribution is 0.0827. The summed E-state index contributed by atoms with van der Waals surface area (Å²) in [4.78, 5) is 15.4. The van der Waals surface area contributed by atoms with E-state index in [1.807, 2.05) is 19.9 Å². The third-order valence-corrected chi connectivity index (χ3v) is 2.64. The second-order valence-corrected chi connectivity index (χ2v) is 4.49. The number of thiophene rings is 1. The Hall–Kier alpha value is -0.830. The number of hydrogen-bond acceptors (Lipinski definition) is 2. The zero-order chi connectivity index (χ0) is 9.30. The summed E-state index contributed by atoms with van der Waals surface area (Å²) in [6, 6.07) is 1.95. The van der Waals surface area contributed by atoms with Gasteiger partial charge in [-0.15, -0.1) is 11.3 Å². The van der Waals surface area contributed by atoms with Gasteiger partial charge in [-0.2, -0.15) is 0 Å². The summed E-state index contributed by atoms with van der Waals surface area (Å²) in [5.41, 5.74) is 0.836. The van der Waals surface area contributed by atoms with Gasteiger partial charge in [0.15, 0.2) is 0 Å². The van der Waals surface area contributed by atoms with E-state index in [9.17, 15) is 4.79 Å². The molecule has 0 fully saturated rings. The fourth-order valence-electron chi connectivity index (χ4n) is 1.08. The maximum Gasteiger partial charge on any atom is 0.254 e. The van der Waals surface area contributed by atoms with E-state index in [1.54, 1.807) is 30.3 Å². The molecule has 1 heterocycles. The zero-order valence-electron chi connectivity index (χ0n) is 7.84. The topological polar surface area (TPSA) is 20.3 Å². The molecule has 1 aromatic rings. The van der Waals surface area contributed by atoms with E-state index >= 15 is 0 Å². The fourth-order valence-corrected chi connectivity index (χ4v) is 2.00. The van der Waals surface area contributed by atoms with Crippen LogP contribution in [0, 0.1) is 13.8 Å². The number of amides is 1. The molecule has 0 atom stereocenters. The Morgan fingerprint density at radius 3 is 2.33 bits per heavy atom. The molecule has 0 radical (unpaired) electrons. The molecular formula is C9H13NOS. The summed E-state index contributed by atoms with van der Waals surface area (Å²) in [5, 5.41) is 0. The highest BCUT2D eigenvalue weighted by Crippen LogP contribution is 2.21. The third kappa shape index (κ3) is 1.67. The Balaban J connectivity index is 3.02. The minimum absolute atomic E-state index is 0.0943. The molecule has 66 valence electrons. The van der Waals surface area contributed by atoms with Gasteiger partial charge in [0.2, 0.25) is 0 Å². The molecule has 0 bridgehead atoms. The van der Waals surface area contributed by atoms with Gasteiger partial charge >= 0.3 is 0 Å². The van der Waals surface area contributed by atoms with Crippen LogP contribution < -0.4 is 0 Å². The maximum absolute atomic E-state index is 11.5. The summed E-state index contributed by atoms with van der Waals surface area (Å²) >= 11 is 1.67. The first kappa shape index (κ1) is 9.26. The van der Waals surface area contributed by atoms with Crippen molar-refractivity contribution in [1.29, 1.82) is 0 Å². The molecule has 0 aliphatic rings. The molecule has 0 aliphatic carbocycles. The van der Waals surface area contributed by atoms with Gasteiger partial charge in [-0.25, -0.2) is 0 Å². The predicted molar refractivity (Wildman–Crippen MR) is 51.8 cm³/mol. The number of carbonyl (C=O) groups excluding carboxylic acids is 1. The van der Waals surface area contributed by atoms with Gasteiger partial charge in [0.05, 0.1) is 5.56 Å². The van der Waals surface area contributed by atoms with E-state index in [-0.39, 0.29) is 5.91 Å². The van der Waals surface area contributed by atoms with Crippen molar-refractivity contribution >= 4 is 17.2 Å². The lowest BCUT2D eigenvalue weighted by Gasteiger charge is -2.08. The lowest BCUT2D eigenvalue weighted by Crippen LogP contribution is -2.21. The average Bonchev–Trinajstić information content (AvgIpc) is 2.28. The number of carbonyl (C=O) groups is 1. The van der Waals surface area contributed by atoms with Gasteiger partial charge in [0, 0.05) is 23.8 Å². The Morgan fingerprint density at radius 1 is 1.42 bits per heavy atom. The van der Waals surface area contributed by atoms with Crippen LogP contribution in [0.2, 0.25) is 0 Å². The second kappa shape index (κ2) is 3.27. The predicted octanol–water partition coefficient (Wildman–Crippen LogP) is 2.07. The smallest absolute Gasteiger partial charge is 0.254 e. The Labute approximate surface area is 76.8 Å². The van der Waals surface area contributed by atoms with Crippen molar-refractivity contribution in [3.8, 4) is 0 Å². The highest BCUT2D eigenvalue weighted by atomic mass is 32.1. The third-order valence-electron chi connectivity index (χ3n) is 1.68. The molecule has 0 unspecified atom stereocenters. The minimum Gasteiger partial charge on any atom is -0.345 e. The summed E-state index contributed by atoms with van der Waals surface area (Å²) in [6.07, 6.45) is 0. The van der Waals surface area contributed by atoms with Crippen molar-refractivity contribution in [2.75, 3.05) is 14.1 Å². The molecule has 0 saturated heterocycles. The quantitative estimate of drug-likeness (QED) is 0.652. The first-order chi connectivity index (χ1) is 5.52. The van der Waals surface area contributed by atoms with Crippen LogP contribution in [0.5, 0.6) is 0 Å². The largest absolute Gasteiger partial charge is 0.345 e. The van der Waals surface area contributed by atoms with Gasteiger partial charge in [-0.3, -0.25) is 4.79 Å². The van der Waals surface area contributed by atoms with E-state index in [0.29, 0.717) is 0 Å². The molecule has 1 aromatic heterocycles. The highest BCUT2D eigenvalue weighted by Gasteiger charge is 2.12. The minimum atomic E-state index is 0.0943. The maximum atomic E-state index is 11.5. The lowest BCUT2D eigenvalue weighted by atomic mass is 10.2. The van der Waals surface area contributed by atoms with Crippen LogP contribution in [0.15, 0.2) is 6.07 Å². The molecule has 12 heavy (non-hydrogen) atoms. The van der Waals surface area contributed by atoms with Crippen molar-refractivity contribution in [2.45, 2.75) is 13.8 Å². The molecule has 1 rings (SSSR count). The number of hydrogen-bond donors (Lipinski definition) is 0. The van der Waals surface area contributed by atoms with Gasteiger partial charge in [0.25, 0.3) is 5.91 Å². The monoisotopic (exact) mass is 183 g/mol. The first-order valence-corrected chi connectivity index (χ1v) is 4.62. The van der Waals surface area contributed by atoms with E-state index in [4.69, 9.17) is 0 Å². The zero-order valence-corrected chi connectivity index (χ0v) is 8.66. The van der Waals surface area contributed by atoms with E-state index < -0.39 is 0 Å². The van der Waals surface area contributed by atoms with Gasteiger partial charge in [-0.05, 0) is 19.9 Å². The normalized spacial score (nSPS) is 10.0. The molecule has 0 spiro atoms. The number of rotatable bonds is 1. The van der Waals surface area contributed by atoms with E-state index in [0.717, 1.165) is 10.4 Å². The van der Waals surface area contributed by atoms with Crippen LogP contribution in [0.25, 0.3) is 0 Å². The molecule has 2 nitrogen and oxygen atoms in total. The molecule has 0 aromatic carbocycles. The standard InChI is InChI=1S/C9H13NOS/c1-6-5-8(7(2)12-6)9(11)10(3)4/h5H,1-4H3. The highest BCUT2D eigenvalue weighted by molar-refractivity contribution is 7.12. The summed E-state index contributed by atoms with van der Waals surface area (Å²) < 4.78 is 0. The molecule has 0 aliphatic heterocycles.